The minimum absolute atomic E-state index is 0.155. The summed E-state index contributed by atoms with van der Waals surface area (Å²) in [6, 6.07) is 0.155. The molecule has 1 aromatic rings. The molecule has 1 aliphatic heterocycles. The van der Waals surface area contributed by atoms with Gasteiger partial charge in [-0.1, -0.05) is 12.1 Å². The molecule has 7 nitrogen and oxygen atoms in total. The second kappa shape index (κ2) is 7.29. The minimum Gasteiger partial charge on any atom is -0.444 e. The third kappa shape index (κ3) is 4.67. The molecule has 130 valence electrons. The van der Waals surface area contributed by atoms with Crippen LogP contribution in [0, 0.1) is 5.92 Å². The molecule has 7 heteroatoms. The van der Waals surface area contributed by atoms with Gasteiger partial charge >= 0.3 is 6.09 Å². The van der Waals surface area contributed by atoms with E-state index in [-0.39, 0.29) is 12.1 Å². The number of amides is 1. The number of nitrogens with one attached hydrogen (secondary N) is 1. The van der Waals surface area contributed by atoms with Gasteiger partial charge in [0.25, 0.3) is 0 Å². The van der Waals surface area contributed by atoms with Crippen LogP contribution >= 0.6 is 0 Å². The highest BCUT2D eigenvalue weighted by Crippen LogP contribution is 2.30. The third-order valence-corrected chi connectivity index (χ3v) is 4.03. The second-order valence-corrected chi connectivity index (χ2v) is 7.19. The van der Waals surface area contributed by atoms with E-state index in [9.17, 15) is 4.79 Å². The number of carbonyl (C=O) groups is 1. The normalized spacial score (nSPS) is 19.9. The molecule has 1 fully saturated rings. The van der Waals surface area contributed by atoms with Gasteiger partial charge in [-0.15, -0.1) is 5.10 Å². The van der Waals surface area contributed by atoms with E-state index >= 15 is 0 Å². The van der Waals surface area contributed by atoms with Gasteiger partial charge in [-0.25, -0.2) is 4.79 Å². The number of aryl methyl sites for hydroxylation is 1. The Kier molecular flexibility index (Phi) is 5.62. The van der Waals surface area contributed by atoms with Crippen LogP contribution in [0.15, 0.2) is 6.20 Å². The molecule has 1 aromatic heterocycles. The van der Waals surface area contributed by atoms with Crippen LogP contribution in [0.2, 0.25) is 0 Å². The predicted molar refractivity (Wildman–Crippen MR) is 88.0 cm³/mol. The van der Waals surface area contributed by atoms with Crippen molar-refractivity contribution >= 4 is 6.09 Å². The van der Waals surface area contributed by atoms with E-state index in [2.05, 4.69) is 22.6 Å². The molecular weight excluding hydrogens is 294 g/mol. The van der Waals surface area contributed by atoms with Crippen LogP contribution in [0.3, 0.4) is 0 Å². The van der Waals surface area contributed by atoms with Gasteiger partial charge in [0, 0.05) is 20.1 Å². The van der Waals surface area contributed by atoms with Gasteiger partial charge in [-0.3, -0.25) is 4.68 Å². The van der Waals surface area contributed by atoms with Gasteiger partial charge in [-0.2, -0.15) is 0 Å². The quantitative estimate of drug-likeness (QED) is 0.898. The fourth-order valence-corrected chi connectivity index (χ4v) is 2.94. The molecule has 0 radical (unpaired) electrons. The summed E-state index contributed by atoms with van der Waals surface area (Å²) >= 11 is 0. The van der Waals surface area contributed by atoms with Crippen LogP contribution in [0.25, 0.3) is 0 Å². The lowest BCUT2D eigenvalue weighted by Gasteiger charge is -2.26. The van der Waals surface area contributed by atoms with Crippen LogP contribution in [0.5, 0.6) is 0 Å². The van der Waals surface area contributed by atoms with Crippen molar-refractivity contribution in [2.24, 2.45) is 13.0 Å². The van der Waals surface area contributed by atoms with Gasteiger partial charge < -0.3 is 15.0 Å². The van der Waals surface area contributed by atoms with E-state index in [1.165, 1.54) is 0 Å². The maximum atomic E-state index is 12.2. The van der Waals surface area contributed by atoms with Crippen LogP contribution in [0.4, 0.5) is 4.79 Å². The lowest BCUT2D eigenvalue weighted by atomic mass is 9.96. The van der Waals surface area contributed by atoms with Crippen molar-refractivity contribution in [3.8, 4) is 0 Å². The summed E-state index contributed by atoms with van der Waals surface area (Å²) in [4.78, 5) is 14.1. The molecule has 2 heterocycles. The summed E-state index contributed by atoms with van der Waals surface area (Å²) in [5.41, 5.74) is 0.607. The smallest absolute Gasteiger partial charge is 0.410 e. The van der Waals surface area contributed by atoms with Crippen molar-refractivity contribution in [2.75, 3.05) is 19.6 Å². The number of carbonyl (C=O) groups excluding carboxylic acids is 1. The molecular formula is C16H29N5O2. The fraction of sp³-hybridized carbons (Fsp3) is 0.812. The van der Waals surface area contributed by atoms with E-state index in [1.54, 1.807) is 4.90 Å². The summed E-state index contributed by atoms with van der Waals surface area (Å²) in [6.07, 6.45) is 3.59. The van der Waals surface area contributed by atoms with Gasteiger partial charge in [0.1, 0.15) is 5.60 Å². The lowest BCUT2D eigenvalue weighted by Crippen LogP contribution is -2.37. The predicted octanol–water partition coefficient (Wildman–Crippen LogP) is 2.11. The monoisotopic (exact) mass is 323 g/mol. The van der Waals surface area contributed by atoms with E-state index in [1.807, 2.05) is 38.7 Å². The summed E-state index contributed by atoms with van der Waals surface area (Å²) in [5, 5.41) is 11.6. The summed E-state index contributed by atoms with van der Waals surface area (Å²) in [6.45, 7) is 10.2. The highest BCUT2D eigenvalue weighted by Gasteiger charge is 2.35. The lowest BCUT2D eigenvalue weighted by molar-refractivity contribution is 0.0285. The van der Waals surface area contributed by atoms with Crippen LogP contribution in [-0.4, -0.2) is 51.2 Å². The van der Waals surface area contributed by atoms with Crippen molar-refractivity contribution in [3.63, 3.8) is 0 Å². The van der Waals surface area contributed by atoms with Crippen LogP contribution < -0.4 is 5.32 Å². The van der Waals surface area contributed by atoms with Crippen molar-refractivity contribution in [1.82, 2.24) is 25.2 Å². The largest absolute Gasteiger partial charge is 0.444 e. The fourth-order valence-electron chi connectivity index (χ4n) is 2.94. The molecule has 23 heavy (non-hydrogen) atoms. The highest BCUT2D eigenvalue weighted by atomic mass is 16.6. The highest BCUT2D eigenvalue weighted by molar-refractivity contribution is 5.68. The Morgan fingerprint density at radius 1 is 1.52 bits per heavy atom. The van der Waals surface area contributed by atoms with Crippen molar-refractivity contribution in [3.05, 3.63) is 11.9 Å². The first-order chi connectivity index (χ1) is 10.8. The van der Waals surface area contributed by atoms with E-state index in [0.29, 0.717) is 12.5 Å². The molecule has 1 amide bonds. The molecule has 2 unspecified atom stereocenters. The van der Waals surface area contributed by atoms with Gasteiger partial charge in [0.2, 0.25) is 0 Å². The standard InChI is InChI=1S/C16H29N5O2/c1-6-8-17-14(13-10-18-19-20(13)5)12-7-9-21(11-12)15(22)23-16(2,3)4/h10,12,14,17H,6-9,11H2,1-5H3. The Balaban J connectivity index is 2.04. The first-order valence-electron chi connectivity index (χ1n) is 8.37. The Bertz CT molecular complexity index is 523. The topological polar surface area (TPSA) is 72.3 Å². The number of nitrogens with zero attached hydrogens (tertiary/aromatic N) is 4. The average molecular weight is 323 g/mol. The Hall–Kier alpha value is -1.63. The minimum atomic E-state index is -0.457. The zero-order valence-electron chi connectivity index (χ0n) is 14.9. The van der Waals surface area contributed by atoms with Gasteiger partial charge in [-0.05, 0) is 46.1 Å². The molecule has 2 atom stereocenters. The number of likely N-dealkylation sites (tertiary alicyclic amines) is 1. The summed E-state index contributed by atoms with van der Waals surface area (Å²) < 4.78 is 7.29. The number of ether oxygens (including phenoxy) is 1. The zero-order valence-corrected chi connectivity index (χ0v) is 14.9. The molecule has 1 saturated heterocycles. The van der Waals surface area contributed by atoms with Gasteiger partial charge in [0.05, 0.1) is 17.9 Å². The molecule has 1 aliphatic rings. The molecule has 2 rings (SSSR count). The zero-order chi connectivity index (χ0) is 17.0. The molecule has 0 saturated carbocycles. The molecule has 0 bridgehead atoms. The molecule has 0 aliphatic carbocycles. The van der Waals surface area contributed by atoms with Crippen molar-refractivity contribution in [1.29, 1.82) is 0 Å². The Morgan fingerprint density at radius 3 is 2.83 bits per heavy atom. The van der Waals surface area contributed by atoms with E-state index in [0.717, 1.165) is 31.6 Å². The van der Waals surface area contributed by atoms with Crippen molar-refractivity contribution < 1.29 is 9.53 Å². The first kappa shape index (κ1) is 17.7. The number of aromatic nitrogens is 3. The second-order valence-electron chi connectivity index (χ2n) is 7.19. The molecule has 0 aromatic carbocycles. The summed E-state index contributed by atoms with van der Waals surface area (Å²) in [7, 11) is 1.91. The molecule has 1 N–H and O–H groups in total. The SMILES string of the molecule is CCCNC(c1cnnn1C)C1CCN(C(=O)OC(C)(C)C)C1. The van der Waals surface area contributed by atoms with Gasteiger partial charge in [0.15, 0.2) is 0 Å². The van der Waals surface area contributed by atoms with E-state index < -0.39 is 5.60 Å². The number of rotatable bonds is 5. The summed E-state index contributed by atoms with van der Waals surface area (Å²) in [5.74, 6) is 0.339. The maximum Gasteiger partial charge on any atom is 0.410 e. The number of hydrogen-bond acceptors (Lipinski definition) is 5. The van der Waals surface area contributed by atoms with Crippen LogP contribution in [0.1, 0.15) is 52.3 Å². The van der Waals surface area contributed by atoms with E-state index in [4.69, 9.17) is 4.74 Å². The maximum absolute atomic E-state index is 12.2. The molecule has 0 spiro atoms. The third-order valence-electron chi connectivity index (χ3n) is 4.03. The first-order valence-corrected chi connectivity index (χ1v) is 8.37. The van der Waals surface area contributed by atoms with Crippen LogP contribution in [-0.2, 0) is 11.8 Å². The Labute approximate surface area is 138 Å². The number of hydrogen-bond donors (Lipinski definition) is 1. The Morgan fingerprint density at radius 2 is 2.26 bits per heavy atom. The average Bonchev–Trinajstić information content (AvgIpc) is 3.08. The van der Waals surface area contributed by atoms with Crippen molar-refractivity contribution in [2.45, 2.75) is 52.2 Å².